The van der Waals surface area contributed by atoms with Crippen LogP contribution in [0.2, 0.25) is 0 Å². The van der Waals surface area contributed by atoms with Crippen LogP contribution in [-0.2, 0) is 6.54 Å². The van der Waals surface area contributed by atoms with E-state index in [-0.39, 0.29) is 5.82 Å². The normalized spacial score (nSPS) is 11.2. The zero-order chi connectivity index (χ0) is 13.8. The molecule has 2 rings (SSSR count). The minimum absolute atomic E-state index is 0.278. The number of halogens is 2. The minimum atomic E-state index is -0.278. The first kappa shape index (κ1) is 14.2. The van der Waals surface area contributed by atoms with Crippen LogP contribution < -0.4 is 5.32 Å². The van der Waals surface area contributed by atoms with E-state index in [2.05, 4.69) is 45.1 Å². The molecule has 0 aliphatic carbocycles. The van der Waals surface area contributed by atoms with E-state index in [0.29, 0.717) is 16.2 Å². The second-order valence-electron chi connectivity index (χ2n) is 4.94. The maximum atomic E-state index is 13.3. The zero-order valence-electron chi connectivity index (χ0n) is 11.0. The van der Waals surface area contributed by atoms with Gasteiger partial charge in [-0.05, 0) is 30.7 Å². The van der Waals surface area contributed by atoms with Gasteiger partial charge < -0.3 is 10.3 Å². The molecule has 0 saturated heterocycles. The molecule has 0 saturated carbocycles. The Kier molecular flexibility index (Phi) is 4.71. The number of benzene rings is 1. The maximum absolute atomic E-state index is 13.3. The quantitative estimate of drug-likeness (QED) is 0.879. The molecule has 102 valence electrons. The molecule has 19 heavy (non-hydrogen) atoms. The Hall–Kier alpha value is -1.20. The standard InChI is InChI=1S/C14H17BrFN3/c1-9(2)6-17-7-13-8-18-14(19-13)10-3-11(15)5-12(16)4-10/h3-5,8-9,17H,6-7H2,1-2H3,(H,18,19). The van der Waals surface area contributed by atoms with E-state index in [1.807, 2.05) is 6.07 Å². The fourth-order valence-corrected chi connectivity index (χ4v) is 2.25. The van der Waals surface area contributed by atoms with E-state index >= 15 is 0 Å². The van der Waals surface area contributed by atoms with Crippen molar-refractivity contribution < 1.29 is 4.39 Å². The van der Waals surface area contributed by atoms with Crippen LogP contribution in [0.15, 0.2) is 28.9 Å². The van der Waals surface area contributed by atoms with E-state index in [1.54, 1.807) is 6.20 Å². The third kappa shape index (κ3) is 4.14. The van der Waals surface area contributed by atoms with E-state index in [1.165, 1.54) is 12.1 Å². The Labute approximate surface area is 120 Å². The summed E-state index contributed by atoms with van der Waals surface area (Å²) in [6, 6.07) is 4.74. The molecule has 1 heterocycles. The molecular weight excluding hydrogens is 309 g/mol. The number of rotatable bonds is 5. The summed E-state index contributed by atoms with van der Waals surface area (Å²) in [5, 5.41) is 3.33. The molecular formula is C14H17BrFN3. The first-order chi connectivity index (χ1) is 9.04. The summed E-state index contributed by atoms with van der Waals surface area (Å²) >= 11 is 3.28. The Bertz CT molecular complexity index is 531. The average Bonchev–Trinajstić information content (AvgIpc) is 2.76. The topological polar surface area (TPSA) is 40.7 Å². The van der Waals surface area contributed by atoms with Gasteiger partial charge in [0, 0.05) is 28.5 Å². The third-order valence-corrected chi connectivity index (χ3v) is 3.09. The lowest BCUT2D eigenvalue weighted by molar-refractivity contribution is 0.549. The predicted octanol–water partition coefficient (Wildman–Crippen LogP) is 3.72. The van der Waals surface area contributed by atoms with Crippen LogP contribution >= 0.6 is 15.9 Å². The molecule has 0 atom stereocenters. The van der Waals surface area contributed by atoms with Gasteiger partial charge >= 0.3 is 0 Å². The SMILES string of the molecule is CC(C)CNCc1cnc(-c2cc(F)cc(Br)c2)[nH]1. The van der Waals surface area contributed by atoms with Crippen molar-refractivity contribution in [3.63, 3.8) is 0 Å². The molecule has 3 nitrogen and oxygen atoms in total. The number of nitrogens with zero attached hydrogens (tertiary/aromatic N) is 1. The molecule has 0 unspecified atom stereocenters. The second-order valence-corrected chi connectivity index (χ2v) is 5.86. The van der Waals surface area contributed by atoms with Crippen LogP contribution in [0.3, 0.4) is 0 Å². The Morgan fingerprint density at radius 2 is 2.16 bits per heavy atom. The van der Waals surface area contributed by atoms with Gasteiger partial charge in [-0.15, -0.1) is 0 Å². The molecule has 2 aromatic rings. The van der Waals surface area contributed by atoms with Crippen molar-refractivity contribution in [3.05, 3.63) is 40.4 Å². The van der Waals surface area contributed by atoms with Gasteiger partial charge in [0.2, 0.25) is 0 Å². The lowest BCUT2D eigenvalue weighted by Crippen LogP contribution is -2.19. The molecule has 0 aliphatic heterocycles. The summed E-state index contributed by atoms with van der Waals surface area (Å²) in [4.78, 5) is 7.48. The lowest BCUT2D eigenvalue weighted by atomic mass is 10.2. The molecule has 1 aromatic heterocycles. The van der Waals surface area contributed by atoms with Gasteiger partial charge in [0.1, 0.15) is 11.6 Å². The number of hydrogen-bond acceptors (Lipinski definition) is 2. The number of hydrogen-bond donors (Lipinski definition) is 2. The molecule has 0 bridgehead atoms. The summed E-state index contributed by atoms with van der Waals surface area (Å²) in [7, 11) is 0. The van der Waals surface area contributed by atoms with Gasteiger partial charge in [-0.3, -0.25) is 0 Å². The van der Waals surface area contributed by atoms with Crippen LogP contribution in [0.5, 0.6) is 0 Å². The molecule has 0 aliphatic rings. The van der Waals surface area contributed by atoms with Gasteiger partial charge in [-0.25, -0.2) is 9.37 Å². The fraction of sp³-hybridized carbons (Fsp3) is 0.357. The first-order valence-corrected chi connectivity index (χ1v) is 7.05. The van der Waals surface area contributed by atoms with E-state index in [9.17, 15) is 4.39 Å². The van der Waals surface area contributed by atoms with E-state index in [4.69, 9.17) is 0 Å². The molecule has 0 amide bonds. The van der Waals surface area contributed by atoms with Crippen molar-refractivity contribution >= 4 is 15.9 Å². The summed E-state index contributed by atoms with van der Waals surface area (Å²) < 4.78 is 14.0. The van der Waals surface area contributed by atoms with Crippen LogP contribution in [0.1, 0.15) is 19.5 Å². The summed E-state index contributed by atoms with van der Waals surface area (Å²) in [5.74, 6) is 1.02. The molecule has 5 heteroatoms. The minimum Gasteiger partial charge on any atom is -0.341 e. The molecule has 0 spiro atoms. The highest BCUT2D eigenvalue weighted by Crippen LogP contribution is 2.22. The Morgan fingerprint density at radius 3 is 2.84 bits per heavy atom. The number of aromatic amines is 1. The van der Waals surface area contributed by atoms with Gasteiger partial charge in [0.15, 0.2) is 0 Å². The number of aromatic nitrogens is 2. The first-order valence-electron chi connectivity index (χ1n) is 6.25. The fourth-order valence-electron chi connectivity index (χ4n) is 1.78. The molecule has 0 fully saturated rings. The van der Waals surface area contributed by atoms with Gasteiger partial charge in [-0.1, -0.05) is 29.8 Å². The van der Waals surface area contributed by atoms with Gasteiger partial charge in [0.25, 0.3) is 0 Å². The maximum Gasteiger partial charge on any atom is 0.137 e. The van der Waals surface area contributed by atoms with Crippen LogP contribution in [0.4, 0.5) is 4.39 Å². The number of H-pyrrole nitrogens is 1. The van der Waals surface area contributed by atoms with Crippen molar-refractivity contribution in [2.24, 2.45) is 5.92 Å². The highest BCUT2D eigenvalue weighted by atomic mass is 79.9. The summed E-state index contributed by atoms with van der Waals surface area (Å²) in [6.07, 6.45) is 1.78. The Balaban J connectivity index is 2.07. The second kappa shape index (κ2) is 6.30. The van der Waals surface area contributed by atoms with Crippen LogP contribution in [-0.4, -0.2) is 16.5 Å². The van der Waals surface area contributed by atoms with E-state index in [0.717, 1.165) is 24.3 Å². The third-order valence-electron chi connectivity index (χ3n) is 2.63. The molecule has 0 radical (unpaired) electrons. The van der Waals surface area contributed by atoms with Crippen molar-refractivity contribution in [2.75, 3.05) is 6.54 Å². The van der Waals surface area contributed by atoms with Gasteiger partial charge in [-0.2, -0.15) is 0 Å². The smallest absolute Gasteiger partial charge is 0.137 e. The Morgan fingerprint density at radius 1 is 1.37 bits per heavy atom. The van der Waals surface area contributed by atoms with Crippen molar-refractivity contribution in [2.45, 2.75) is 20.4 Å². The zero-order valence-corrected chi connectivity index (χ0v) is 12.6. The van der Waals surface area contributed by atoms with Crippen molar-refractivity contribution in [3.8, 4) is 11.4 Å². The largest absolute Gasteiger partial charge is 0.341 e. The highest BCUT2D eigenvalue weighted by molar-refractivity contribution is 9.10. The molecule has 1 aromatic carbocycles. The van der Waals surface area contributed by atoms with E-state index < -0.39 is 0 Å². The van der Waals surface area contributed by atoms with Crippen molar-refractivity contribution in [1.82, 2.24) is 15.3 Å². The lowest BCUT2D eigenvalue weighted by Gasteiger charge is -2.05. The van der Waals surface area contributed by atoms with Gasteiger partial charge in [0.05, 0.1) is 0 Å². The summed E-state index contributed by atoms with van der Waals surface area (Å²) in [5.41, 5.74) is 1.73. The summed E-state index contributed by atoms with van der Waals surface area (Å²) in [6.45, 7) is 6.02. The van der Waals surface area contributed by atoms with Crippen LogP contribution in [0.25, 0.3) is 11.4 Å². The predicted molar refractivity (Wildman–Crippen MR) is 78.2 cm³/mol. The highest BCUT2D eigenvalue weighted by Gasteiger charge is 2.06. The molecule has 2 N–H and O–H groups in total. The van der Waals surface area contributed by atoms with Crippen molar-refractivity contribution in [1.29, 1.82) is 0 Å². The monoisotopic (exact) mass is 325 g/mol. The average molecular weight is 326 g/mol. The number of nitrogens with one attached hydrogen (secondary N) is 2. The number of imidazole rings is 1. The van der Waals surface area contributed by atoms with Crippen LogP contribution in [0, 0.1) is 11.7 Å².